The molecule has 0 aromatic heterocycles. The Balaban J connectivity index is 1.74. The van der Waals surface area contributed by atoms with Gasteiger partial charge in [0.05, 0.1) is 24.7 Å². The molecule has 0 aliphatic rings. The van der Waals surface area contributed by atoms with E-state index in [1.165, 1.54) is 10.5 Å². The minimum atomic E-state index is -3.57. The molecule has 1 N–H and O–H groups in total. The van der Waals surface area contributed by atoms with Gasteiger partial charge in [0, 0.05) is 20.6 Å². The summed E-state index contributed by atoms with van der Waals surface area (Å²) in [5.74, 6) is -0.410. The Morgan fingerprint density at radius 1 is 1.06 bits per heavy atom. The molecule has 31 heavy (non-hydrogen) atoms. The highest BCUT2D eigenvalue weighted by Crippen LogP contribution is 2.24. The van der Waals surface area contributed by atoms with E-state index in [-0.39, 0.29) is 6.54 Å². The maximum atomic E-state index is 12.4. The molecule has 3 rings (SSSR count). The number of rotatable bonds is 7. The van der Waals surface area contributed by atoms with Crippen LogP contribution in [0.2, 0.25) is 5.02 Å². The van der Waals surface area contributed by atoms with Crippen LogP contribution < -0.4 is 9.73 Å². The first-order valence-electron chi connectivity index (χ1n) is 9.15. The molecule has 1 amide bonds. The Morgan fingerprint density at radius 3 is 2.35 bits per heavy atom. The summed E-state index contributed by atoms with van der Waals surface area (Å²) in [7, 11) is -3.57. The van der Waals surface area contributed by atoms with Crippen LogP contribution in [0.15, 0.2) is 82.4 Å². The van der Waals surface area contributed by atoms with E-state index in [0.717, 1.165) is 16.3 Å². The first-order valence-corrected chi connectivity index (χ1v) is 12.2. The van der Waals surface area contributed by atoms with Crippen molar-refractivity contribution >= 4 is 55.4 Å². The van der Waals surface area contributed by atoms with E-state index in [1.807, 2.05) is 24.3 Å². The van der Waals surface area contributed by atoms with Gasteiger partial charge in [-0.25, -0.2) is 13.8 Å². The van der Waals surface area contributed by atoms with Crippen molar-refractivity contribution in [2.24, 2.45) is 5.10 Å². The second-order valence-corrected chi connectivity index (χ2v) is 9.80. The molecule has 0 aliphatic carbocycles. The summed E-state index contributed by atoms with van der Waals surface area (Å²) in [6.07, 6.45) is 2.66. The topological polar surface area (TPSA) is 78.8 Å². The number of carbonyl (C=O) groups excluding carboxylic acids is 1. The van der Waals surface area contributed by atoms with Crippen molar-refractivity contribution < 1.29 is 13.2 Å². The van der Waals surface area contributed by atoms with Crippen molar-refractivity contribution in [1.82, 2.24) is 5.43 Å². The zero-order chi connectivity index (χ0) is 22.4. The number of nitrogens with one attached hydrogen (secondary N) is 1. The van der Waals surface area contributed by atoms with Crippen LogP contribution in [0.3, 0.4) is 0 Å². The third-order valence-electron chi connectivity index (χ3n) is 4.36. The number of hydrogen-bond acceptors (Lipinski definition) is 4. The molecule has 0 saturated heterocycles. The third-order valence-corrected chi connectivity index (χ3v) is 6.60. The Hall–Kier alpha value is -2.68. The minimum Gasteiger partial charge on any atom is -0.267 e. The first-order chi connectivity index (χ1) is 14.8. The second-order valence-electron chi connectivity index (χ2n) is 6.63. The smallest absolute Gasteiger partial charge is 0.267 e. The molecular formula is C22H19BrClN3O3S. The van der Waals surface area contributed by atoms with Crippen molar-refractivity contribution in [3.05, 3.63) is 99.0 Å². The largest absolute Gasteiger partial charge is 0.271 e. The fourth-order valence-corrected chi connectivity index (χ4v) is 4.23. The predicted octanol–water partition coefficient (Wildman–Crippen LogP) is 4.83. The Kier molecular flexibility index (Phi) is 7.48. The van der Waals surface area contributed by atoms with Gasteiger partial charge in [-0.2, -0.15) is 5.10 Å². The van der Waals surface area contributed by atoms with Crippen LogP contribution in [0.5, 0.6) is 0 Å². The van der Waals surface area contributed by atoms with Crippen molar-refractivity contribution in [2.45, 2.75) is 6.54 Å². The summed E-state index contributed by atoms with van der Waals surface area (Å²) < 4.78 is 26.8. The quantitative estimate of drug-likeness (QED) is 0.358. The van der Waals surface area contributed by atoms with Crippen LogP contribution in [0.1, 0.15) is 21.5 Å². The summed E-state index contributed by atoms with van der Waals surface area (Å²) in [6.45, 7) is 0.0836. The molecule has 0 saturated carbocycles. The number of nitrogens with zero attached hydrogens (tertiary/aromatic N) is 2. The van der Waals surface area contributed by atoms with E-state index in [1.54, 1.807) is 48.5 Å². The van der Waals surface area contributed by atoms with Crippen molar-refractivity contribution in [3.63, 3.8) is 0 Å². The molecule has 0 bridgehead atoms. The highest BCUT2D eigenvalue weighted by molar-refractivity contribution is 9.10. The summed E-state index contributed by atoms with van der Waals surface area (Å²) in [5, 5.41) is 4.45. The van der Waals surface area contributed by atoms with Crippen LogP contribution in [-0.2, 0) is 16.6 Å². The summed E-state index contributed by atoms with van der Waals surface area (Å²) in [6, 6.07) is 20.8. The zero-order valence-corrected chi connectivity index (χ0v) is 19.7. The molecule has 6 nitrogen and oxygen atoms in total. The van der Waals surface area contributed by atoms with Gasteiger partial charge < -0.3 is 0 Å². The summed E-state index contributed by atoms with van der Waals surface area (Å²) in [4.78, 5) is 12.3. The standard InChI is InChI=1S/C22H19BrClN3O3S/c1-31(29,30)27(15-18-7-3-5-9-21(18)24)19-12-10-16(11-13-19)22(28)26-25-14-17-6-2-4-8-20(17)23/h2-14H,15H2,1H3,(H,26,28)/b25-14-. The normalized spacial score (nSPS) is 11.5. The average Bonchev–Trinajstić information content (AvgIpc) is 2.74. The molecule has 0 heterocycles. The van der Waals surface area contributed by atoms with Crippen LogP contribution in [0.25, 0.3) is 0 Å². The van der Waals surface area contributed by atoms with Gasteiger partial charge in [-0.1, -0.05) is 63.9 Å². The molecule has 160 valence electrons. The van der Waals surface area contributed by atoms with E-state index < -0.39 is 15.9 Å². The van der Waals surface area contributed by atoms with Crippen LogP contribution >= 0.6 is 27.5 Å². The minimum absolute atomic E-state index is 0.0836. The zero-order valence-electron chi connectivity index (χ0n) is 16.5. The van der Waals surface area contributed by atoms with Gasteiger partial charge in [-0.3, -0.25) is 9.10 Å². The number of anilines is 1. The molecule has 0 aliphatic heterocycles. The molecule has 0 unspecified atom stereocenters. The Labute approximate surface area is 194 Å². The number of hydrogen-bond donors (Lipinski definition) is 1. The maximum absolute atomic E-state index is 12.4. The molecule has 0 radical (unpaired) electrons. The number of sulfonamides is 1. The first kappa shape index (κ1) is 23.0. The predicted molar refractivity (Wildman–Crippen MR) is 128 cm³/mol. The number of benzene rings is 3. The van der Waals surface area contributed by atoms with Gasteiger partial charge in [0.15, 0.2) is 0 Å². The van der Waals surface area contributed by atoms with Gasteiger partial charge in [0.25, 0.3) is 5.91 Å². The van der Waals surface area contributed by atoms with Crippen LogP contribution in [-0.4, -0.2) is 26.8 Å². The van der Waals surface area contributed by atoms with E-state index >= 15 is 0 Å². The second kappa shape index (κ2) is 10.1. The average molecular weight is 521 g/mol. The lowest BCUT2D eigenvalue weighted by Crippen LogP contribution is -2.29. The number of carbonyl (C=O) groups is 1. The summed E-state index contributed by atoms with van der Waals surface area (Å²) >= 11 is 9.59. The molecule has 0 atom stereocenters. The van der Waals surface area contributed by atoms with E-state index in [0.29, 0.717) is 21.8 Å². The number of halogens is 2. The molecule has 0 spiro atoms. The maximum Gasteiger partial charge on any atom is 0.271 e. The monoisotopic (exact) mass is 519 g/mol. The van der Waals surface area contributed by atoms with E-state index in [2.05, 4.69) is 26.5 Å². The lowest BCUT2D eigenvalue weighted by molar-refractivity contribution is 0.0955. The SMILES string of the molecule is CS(=O)(=O)N(Cc1ccccc1Cl)c1ccc(C(=O)N/N=C\c2ccccc2Br)cc1. The third kappa shape index (κ3) is 6.16. The Morgan fingerprint density at radius 2 is 1.71 bits per heavy atom. The number of hydrazone groups is 1. The fourth-order valence-electron chi connectivity index (χ4n) is 2.77. The number of amides is 1. The van der Waals surface area contributed by atoms with Crippen molar-refractivity contribution in [2.75, 3.05) is 10.6 Å². The highest BCUT2D eigenvalue weighted by atomic mass is 79.9. The molecule has 9 heteroatoms. The highest BCUT2D eigenvalue weighted by Gasteiger charge is 2.19. The lowest BCUT2D eigenvalue weighted by atomic mass is 10.2. The summed E-state index contributed by atoms with van der Waals surface area (Å²) in [5.41, 5.74) is 4.73. The van der Waals surface area contributed by atoms with Gasteiger partial charge in [-0.05, 0) is 42.0 Å². The molecular weight excluding hydrogens is 502 g/mol. The van der Waals surface area contributed by atoms with E-state index in [9.17, 15) is 13.2 Å². The fraction of sp³-hybridized carbons (Fsp3) is 0.0909. The molecule has 0 fully saturated rings. The van der Waals surface area contributed by atoms with Crippen LogP contribution in [0, 0.1) is 0 Å². The Bertz CT molecular complexity index is 1210. The van der Waals surface area contributed by atoms with E-state index in [4.69, 9.17) is 11.6 Å². The van der Waals surface area contributed by atoms with Gasteiger partial charge >= 0.3 is 0 Å². The van der Waals surface area contributed by atoms with Crippen LogP contribution in [0.4, 0.5) is 5.69 Å². The lowest BCUT2D eigenvalue weighted by Gasteiger charge is -2.23. The van der Waals surface area contributed by atoms with Gasteiger partial charge in [0.1, 0.15) is 0 Å². The molecule has 3 aromatic carbocycles. The molecule has 3 aromatic rings. The van der Waals surface area contributed by atoms with Gasteiger partial charge in [0.2, 0.25) is 10.0 Å². The van der Waals surface area contributed by atoms with Gasteiger partial charge in [-0.15, -0.1) is 0 Å². The van der Waals surface area contributed by atoms with Crippen molar-refractivity contribution in [1.29, 1.82) is 0 Å². The van der Waals surface area contributed by atoms with Crippen molar-refractivity contribution in [3.8, 4) is 0 Å².